The Labute approximate surface area is 244 Å². The molecule has 5 rings (SSSR count). The third kappa shape index (κ3) is 6.02. The number of carbonyl (C=O) groups excluding carboxylic acids is 2. The van der Waals surface area contributed by atoms with Crippen LogP contribution >= 0.6 is 11.3 Å². The van der Waals surface area contributed by atoms with Crippen molar-refractivity contribution in [2.75, 3.05) is 25.1 Å². The largest absolute Gasteiger partial charge is 0.493 e. The second kappa shape index (κ2) is 12.5. The number of amides is 2. The molecule has 0 saturated heterocycles. The molecule has 12 heteroatoms. The molecule has 7 N–H and O–H groups in total. The first kappa shape index (κ1) is 28.9. The number of nitrogens with two attached hydrogens (primary N) is 1. The van der Waals surface area contributed by atoms with E-state index in [9.17, 15) is 24.6 Å². The van der Waals surface area contributed by atoms with Crippen LogP contribution in [0, 0.1) is 0 Å². The van der Waals surface area contributed by atoms with E-state index in [1.54, 1.807) is 36.4 Å². The molecular formula is C30H28N4O7S. The molecule has 11 nitrogen and oxygen atoms in total. The predicted molar refractivity (Wildman–Crippen MR) is 157 cm³/mol. The van der Waals surface area contributed by atoms with Crippen LogP contribution in [0.2, 0.25) is 0 Å². The Hall–Kier alpha value is -4.62. The van der Waals surface area contributed by atoms with Crippen LogP contribution in [0.1, 0.15) is 42.5 Å². The molecule has 2 amide bonds. The van der Waals surface area contributed by atoms with Gasteiger partial charge in [0.2, 0.25) is 0 Å². The van der Waals surface area contributed by atoms with Gasteiger partial charge in [-0.3, -0.25) is 9.59 Å². The lowest BCUT2D eigenvalue weighted by molar-refractivity contribution is 0.0690. The van der Waals surface area contributed by atoms with Gasteiger partial charge in [-0.25, -0.2) is 9.78 Å². The molecule has 0 bridgehead atoms. The van der Waals surface area contributed by atoms with Gasteiger partial charge in [0.05, 0.1) is 19.3 Å². The first-order valence-electron chi connectivity index (χ1n) is 13.1. The zero-order valence-electron chi connectivity index (χ0n) is 22.3. The standard InChI is InChI=1S/C30H28N4O7S/c31-13-16-1-3-18(4-2-16)33-28(37)22-11-23-25(41-9-7-17-8-10-42-27(17)23)12-21(22)20-5-6-24(34-26(20)30(39)40)29(38)32-14-19(36)15-35/h1-6,8,10-12,19,35-36H,7,9,13-15,31H2,(H,32,38)(H,33,37)(H,39,40)/t19-/m1/s1. The number of hydrogen-bond acceptors (Lipinski definition) is 9. The summed E-state index contributed by atoms with van der Waals surface area (Å²) < 4.78 is 6.04. The maximum atomic E-state index is 13.8. The number of carbonyl (C=O) groups is 3. The average Bonchev–Trinajstić information content (AvgIpc) is 3.40. The van der Waals surface area contributed by atoms with Gasteiger partial charge < -0.3 is 36.4 Å². The topological polar surface area (TPSA) is 184 Å². The van der Waals surface area contributed by atoms with E-state index in [2.05, 4.69) is 15.6 Å². The van der Waals surface area contributed by atoms with Gasteiger partial charge in [0.1, 0.15) is 11.4 Å². The van der Waals surface area contributed by atoms with Crippen LogP contribution in [0.25, 0.3) is 21.6 Å². The summed E-state index contributed by atoms with van der Waals surface area (Å²) in [6.07, 6.45) is -0.502. The van der Waals surface area contributed by atoms with Crippen molar-refractivity contribution in [1.29, 1.82) is 0 Å². The van der Waals surface area contributed by atoms with Crippen molar-refractivity contribution in [2.45, 2.75) is 19.1 Å². The van der Waals surface area contributed by atoms with Crippen LogP contribution in [-0.2, 0) is 13.0 Å². The highest BCUT2D eigenvalue weighted by atomic mass is 32.1. The number of pyridine rings is 1. The van der Waals surface area contributed by atoms with E-state index in [4.69, 9.17) is 15.6 Å². The minimum absolute atomic E-state index is 0.111. The Morgan fingerprint density at radius 2 is 1.81 bits per heavy atom. The Bertz CT molecular complexity index is 1650. The van der Waals surface area contributed by atoms with Crippen molar-refractivity contribution >= 4 is 34.8 Å². The number of fused-ring (bicyclic) bond motifs is 3. The molecule has 216 valence electrons. The minimum Gasteiger partial charge on any atom is -0.493 e. The fourth-order valence-electron chi connectivity index (χ4n) is 4.58. The number of aliphatic hydroxyl groups is 2. The van der Waals surface area contributed by atoms with Gasteiger partial charge in [0.25, 0.3) is 11.8 Å². The summed E-state index contributed by atoms with van der Waals surface area (Å²) in [6.45, 7) is -0.0433. The smallest absolute Gasteiger partial charge is 0.355 e. The lowest BCUT2D eigenvalue weighted by atomic mass is 9.93. The van der Waals surface area contributed by atoms with E-state index >= 15 is 0 Å². The molecule has 0 unspecified atom stereocenters. The summed E-state index contributed by atoms with van der Waals surface area (Å²) in [7, 11) is 0. The number of aromatic carboxylic acids is 1. The Morgan fingerprint density at radius 3 is 2.52 bits per heavy atom. The first-order valence-corrected chi connectivity index (χ1v) is 14.0. The maximum absolute atomic E-state index is 13.8. The van der Waals surface area contributed by atoms with E-state index in [1.165, 1.54) is 23.5 Å². The van der Waals surface area contributed by atoms with Gasteiger partial charge in [-0.2, -0.15) is 0 Å². The number of nitrogens with one attached hydrogen (secondary N) is 2. The number of benzene rings is 2. The summed E-state index contributed by atoms with van der Waals surface area (Å²) in [6, 6.07) is 15.2. The number of aromatic nitrogens is 1. The zero-order chi connectivity index (χ0) is 29.8. The summed E-state index contributed by atoms with van der Waals surface area (Å²) in [5.74, 6) is -2.13. The second-order valence-electron chi connectivity index (χ2n) is 9.57. The fourth-order valence-corrected chi connectivity index (χ4v) is 5.56. The number of hydrogen-bond donors (Lipinski definition) is 6. The van der Waals surface area contributed by atoms with Crippen molar-refractivity contribution in [3.63, 3.8) is 0 Å². The molecule has 0 saturated carbocycles. The maximum Gasteiger partial charge on any atom is 0.355 e. The number of carboxylic acids is 1. The molecule has 42 heavy (non-hydrogen) atoms. The van der Waals surface area contributed by atoms with E-state index < -0.39 is 36.2 Å². The summed E-state index contributed by atoms with van der Waals surface area (Å²) in [5.41, 5.74) is 8.83. The van der Waals surface area contributed by atoms with Crippen LogP contribution in [-0.4, -0.2) is 63.9 Å². The van der Waals surface area contributed by atoms with Crippen molar-refractivity contribution in [2.24, 2.45) is 5.73 Å². The summed E-state index contributed by atoms with van der Waals surface area (Å²) in [5, 5.41) is 35.9. The molecule has 1 atom stereocenters. The molecule has 0 spiro atoms. The van der Waals surface area contributed by atoms with Gasteiger partial charge in [-0.15, -0.1) is 11.3 Å². The van der Waals surface area contributed by atoms with Gasteiger partial charge in [-0.1, -0.05) is 12.1 Å². The molecule has 2 aromatic carbocycles. The lowest BCUT2D eigenvalue weighted by Gasteiger charge is -2.17. The highest BCUT2D eigenvalue weighted by molar-refractivity contribution is 7.13. The van der Waals surface area contributed by atoms with Crippen LogP contribution in [0.3, 0.4) is 0 Å². The number of ether oxygens (including phenoxy) is 1. The number of nitrogens with zero attached hydrogens (tertiary/aromatic N) is 1. The zero-order valence-corrected chi connectivity index (χ0v) is 23.1. The quantitative estimate of drug-likeness (QED) is 0.171. The van der Waals surface area contributed by atoms with Crippen molar-refractivity contribution in [3.05, 3.63) is 88.1 Å². The first-order chi connectivity index (χ1) is 20.3. The average molecular weight is 589 g/mol. The van der Waals surface area contributed by atoms with E-state index in [0.717, 1.165) is 16.0 Å². The van der Waals surface area contributed by atoms with Gasteiger partial charge in [-0.05, 0) is 59.0 Å². The number of anilines is 1. The van der Waals surface area contributed by atoms with Crippen LogP contribution in [0.5, 0.6) is 5.75 Å². The van der Waals surface area contributed by atoms with Gasteiger partial charge in [0.15, 0.2) is 5.69 Å². The molecule has 0 fully saturated rings. The second-order valence-corrected chi connectivity index (χ2v) is 10.5. The normalized spacial score (nSPS) is 12.7. The third-order valence-electron chi connectivity index (χ3n) is 6.76. The number of aliphatic hydroxyl groups excluding tert-OH is 2. The Kier molecular flexibility index (Phi) is 8.59. The van der Waals surface area contributed by atoms with Crippen LogP contribution in [0.4, 0.5) is 5.69 Å². The lowest BCUT2D eigenvalue weighted by Crippen LogP contribution is -2.34. The van der Waals surface area contributed by atoms with Crippen LogP contribution in [0.15, 0.2) is 60.0 Å². The molecule has 4 aromatic rings. The molecule has 3 heterocycles. The summed E-state index contributed by atoms with van der Waals surface area (Å²) >= 11 is 1.53. The summed E-state index contributed by atoms with van der Waals surface area (Å²) in [4.78, 5) is 43.8. The van der Waals surface area contributed by atoms with Crippen molar-refractivity contribution in [3.8, 4) is 27.3 Å². The highest BCUT2D eigenvalue weighted by Gasteiger charge is 2.26. The monoisotopic (exact) mass is 588 g/mol. The number of thiophene rings is 1. The molecule has 0 aliphatic carbocycles. The van der Waals surface area contributed by atoms with E-state index in [1.807, 2.05) is 11.4 Å². The molecule has 1 aliphatic rings. The SMILES string of the molecule is NCc1ccc(NC(=O)c2cc3c(cc2-c2ccc(C(=O)NC[C@@H](O)CO)nc2C(=O)O)OCCc2ccsc2-3)cc1. The molecule has 0 radical (unpaired) electrons. The molecule has 1 aliphatic heterocycles. The minimum atomic E-state index is -1.41. The predicted octanol–water partition coefficient (Wildman–Crippen LogP) is 2.90. The molecular weight excluding hydrogens is 560 g/mol. The van der Waals surface area contributed by atoms with Crippen LogP contribution < -0.4 is 21.1 Å². The Balaban J connectivity index is 1.61. The molecule has 2 aromatic heterocycles. The highest BCUT2D eigenvalue weighted by Crippen LogP contribution is 2.43. The van der Waals surface area contributed by atoms with Crippen molar-refractivity contribution < 1.29 is 34.4 Å². The number of carboxylic acid groups (broad SMARTS) is 1. The van der Waals surface area contributed by atoms with Gasteiger partial charge in [0, 0.05) is 52.3 Å². The van der Waals surface area contributed by atoms with Crippen molar-refractivity contribution in [1.82, 2.24) is 10.3 Å². The number of rotatable bonds is 9. The van der Waals surface area contributed by atoms with E-state index in [-0.39, 0.29) is 28.9 Å². The van der Waals surface area contributed by atoms with Gasteiger partial charge >= 0.3 is 5.97 Å². The van der Waals surface area contributed by atoms with E-state index in [0.29, 0.717) is 36.6 Å². The Morgan fingerprint density at radius 1 is 1.02 bits per heavy atom. The third-order valence-corrected chi connectivity index (χ3v) is 7.75. The fraction of sp³-hybridized carbons (Fsp3) is 0.200.